The lowest BCUT2D eigenvalue weighted by molar-refractivity contribution is -0.546. The Morgan fingerprint density at radius 2 is 1.56 bits per heavy atom. The molecule has 0 spiro atoms. The van der Waals surface area contributed by atoms with Crippen molar-refractivity contribution in [2.75, 3.05) is 10.6 Å². The molecule has 32 heavy (non-hydrogen) atoms. The van der Waals surface area contributed by atoms with Crippen LogP contribution in [0.25, 0.3) is 11.1 Å². The summed E-state index contributed by atoms with van der Waals surface area (Å²) < 4.78 is 52.0. The zero-order valence-corrected chi connectivity index (χ0v) is 16.2. The van der Waals surface area contributed by atoms with E-state index in [0.29, 0.717) is 28.2 Å². The van der Waals surface area contributed by atoms with Crippen LogP contribution in [0.5, 0.6) is 0 Å². The standard InChI is InChI=1S/C21H14F4N6O/c22-16-6-4-12(5-7-16)13-8-14(19-28-30-31-29-19)10-18(9-13)27-20(32)26-17-3-1-2-15(11-17)21(23,24)25/h1-11H,(H2,26,27,32)(H,28,29,30,31)/p+1. The minimum atomic E-state index is -4.53. The highest BCUT2D eigenvalue weighted by atomic mass is 19.4. The number of amides is 2. The molecule has 3 aromatic carbocycles. The summed E-state index contributed by atoms with van der Waals surface area (Å²) in [7, 11) is 0. The smallest absolute Gasteiger partial charge is 0.308 e. The van der Waals surface area contributed by atoms with Crippen molar-refractivity contribution >= 4 is 23.2 Å². The number of halogens is 4. The van der Waals surface area contributed by atoms with Crippen molar-refractivity contribution in [2.45, 2.75) is 6.18 Å². The molecule has 0 aromatic heterocycles. The minimum Gasteiger partial charge on any atom is -0.308 e. The number of rotatable bonds is 4. The Bertz CT molecular complexity index is 1220. The maximum absolute atomic E-state index is 13.3. The van der Waals surface area contributed by atoms with Gasteiger partial charge < -0.3 is 10.6 Å². The van der Waals surface area contributed by atoms with Crippen molar-refractivity contribution in [3.63, 3.8) is 0 Å². The number of urea groups is 1. The highest BCUT2D eigenvalue weighted by Gasteiger charge is 2.30. The monoisotopic (exact) mass is 443 g/mol. The largest absolute Gasteiger partial charge is 0.416 e. The Morgan fingerprint density at radius 3 is 2.25 bits per heavy atom. The van der Waals surface area contributed by atoms with Crippen LogP contribution in [0.3, 0.4) is 0 Å². The van der Waals surface area contributed by atoms with Crippen LogP contribution in [0, 0.1) is 5.82 Å². The zero-order valence-electron chi connectivity index (χ0n) is 16.2. The fraction of sp³-hybridized carbons (Fsp3) is 0.0476. The number of anilines is 2. The van der Waals surface area contributed by atoms with Crippen molar-refractivity contribution in [2.24, 2.45) is 15.5 Å². The van der Waals surface area contributed by atoms with E-state index >= 15 is 0 Å². The van der Waals surface area contributed by atoms with Crippen molar-refractivity contribution in [1.29, 1.82) is 0 Å². The predicted octanol–water partition coefficient (Wildman–Crippen LogP) is 4.76. The molecule has 11 heteroatoms. The second-order valence-corrected chi connectivity index (χ2v) is 6.78. The molecular weight excluding hydrogens is 428 g/mol. The first kappa shape index (κ1) is 21.1. The third kappa shape index (κ3) is 4.95. The Balaban J connectivity index is 1.60. The Kier molecular flexibility index (Phi) is 5.65. The molecule has 4 rings (SSSR count). The topological polar surface area (TPSA) is 94.8 Å². The summed E-state index contributed by atoms with van der Waals surface area (Å²) in [6.07, 6.45) is -4.53. The number of carbonyl (C=O) groups is 1. The van der Waals surface area contributed by atoms with Gasteiger partial charge in [0.1, 0.15) is 5.82 Å². The third-order valence-electron chi connectivity index (χ3n) is 4.50. The third-order valence-corrected chi connectivity index (χ3v) is 4.50. The molecule has 0 saturated heterocycles. The summed E-state index contributed by atoms with van der Waals surface area (Å²) in [4.78, 5) is 12.4. The fourth-order valence-electron chi connectivity index (χ4n) is 3.04. The lowest BCUT2D eigenvalue weighted by Gasteiger charge is -2.12. The molecular formula is C21H15F4N6O+. The minimum absolute atomic E-state index is 0.0154. The van der Waals surface area contributed by atoms with Gasteiger partial charge in [-0.3, -0.25) is 0 Å². The number of hydrogen-bond acceptors (Lipinski definition) is 4. The van der Waals surface area contributed by atoms with Crippen molar-refractivity contribution in [3.05, 3.63) is 83.7 Å². The van der Waals surface area contributed by atoms with Crippen molar-refractivity contribution in [1.82, 2.24) is 0 Å². The van der Waals surface area contributed by atoms with Crippen LogP contribution >= 0.6 is 0 Å². The summed E-state index contributed by atoms with van der Waals surface area (Å²) >= 11 is 0. The van der Waals surface area contributed by atoms with E-state index in [0.717, 1.165) is 12.1 Å². The lowest BCUT2D eigenvalue weighted by Crippen LogP contribution is -2.80. The van der Waals surface area contributed by atoms with Crippen LogP contribution in [-0.4, -0.2) is 11.9 Å². The van der Waals surface area contributed by atoms with Crippen molar-refractivity contribution in [3.8, 4) is 11.1 Å². The van der Waals surface area contributed by atoms with Gasteiger partial charge in [-0.25, -0.2) is 9.18 Å². The molecule has 1 heterocycles. The number of hydrogen-bond donors (Lipinski definition) is 3. The SMILES string of the molecule is O=C(Nc1cc(C2=NN=N[NH2+]2)cc(-c2ccc(F)cc2)c1)Nc1cccc(C(F)(F)F)c1. The predicted molar refractivity (Wildman–Crippen MR) is 109 cm³/mol. The maximum Gasteiger partial charge on any atom is 0.416 e. The molecule has 4 N–H and O–H groups in total. The van der Waals surface area contributed by atoms with Gasteiger partial charge in [-0.05, 0) is 59.7 Å². The number of quaternary nitrogens is 1. The van der Waals surface area contributed by atoms with Crippen LogP contribution < -0.4 is 16.1 Å². The average Bonchev–Trinajstić information content (AvgIpc) is 3.28. The van der Waals surface area contributed by atoms with Gasteiger partial charge in [-0.2, -0.15) is 13.2 Å². The Labute approximate surface area is 178 Å². The number of benzene rings is 3. The summed E-state index contributed by atoms with van der Waals surface area (Å²) in [5.74, 6) is 0.0603. The van der Waals surface area contributed by atoms with Crippen LogP contribution in [0.1, 0.15) is 11.1 Å². The van der Waals surface area contributed by atoms with Crippen molar-refractivity contribution < 1.29 is 27.8 Å². The summed E-state index contributed by atoms with van der Waals surface area (Å²) in [6.45, 7) is 0. The Hall–Kier alpha value is -4.12. The summed E-state index contributed by atoms with van der Waals surface area (Å²) in [6, 6.07) is 14.4. The molecule has 1 aliphatic rings. The Morgan fingerprint density at radius 1 is 0.844 bits per heavy atom. The van der Waals surface area contributed by atoms with E-state index in [-0.39, 0.29) is 5.69 Å². The number of alkyl halides is 3. The molecule has 3 aromatic rings. The van der Waals surface area contributed by atoms with E-state index in [4.69, 9.17) is 0 Å². The van der Waals surface area contributed by atoms with Gasteiger partial charge in [0.05, 0.1) is 16.4 Å². The molecule has 0 atom stereocenters. The number of carbonyl (C=O) groups excluding carboxylic acids is 1. The highest BCUT2D eigenvalue weighted by molar-refractivity contribution is 6.02. The molecule has 1 aliphatic heterocycles. The number of nitrogens with zero attached hydrogens (tertiary/aromatic N) is 3. The molecule has 2 amide bonds. The van der Waals surface area contributed by atoms with E-state index < -0.39 is 23.6 Å². The number of nitrogens with one attached hydrogen (secondary N) is 2. The van der Waals surface area contributed by atoms with Gasteiger partial charge in [0.15, 0.2) is 0 Å². The molecule has 7 nitrogen and oxygen atoms in total. The van der Waals surface area contributed by atoms with Gasteiger partial charge in [0.2, 0.25) is 0 Å². The maximum atomic E-state index is 13.3. The number of amidine groups is 1. The second kappa shape index (κ2) is 8.55. The van der Waals surface area contributed by atoms with Gasteiger partial charge in [0.25, 0.3) is 5.84 Å². The van der Waals surface area contributed by atoms with E-state index in [1.807, 2.05) is 0 Å². The first-order chi connectivity index (χ1) is 15.3. The molecule has 0 fully saturated rings. The zero-order chi connectivity index (χ0) is 22.7. The first-order valence-electron chi connectivity index (χ1n) is 9.26. The second-order valence-electron chi connectivity index (χ2n) is 6.78. The van der Waals surface area contributed by atoms with Gasteiger partial charge >= 0.3 is 12.2 Å². The summed E-state index contributed by atoms with van der Waals surface area (Å²) in [5, 5.41) is 16.1. The fourth-order valence-corrected chi connectivity index (χ4v) is 3.04. The molecule has 0 aliphatic carbocycles. The van der Waals surface area contributed by atoms with Gasteiger partial charge in [-0.1, -0.05) is 23.3 Å². The quantitative estimate of drug-likeness (QED) is 0.394. The molecule has 0 unspecified atom stereocenters. The molecule has 0 radical (unpaired) electrons. The van der Waals surface area contributed by atoms with Crippen LogP contribution in [0.2, 0.25) is 0 Å². The van der Waals surface area contributed by atoms with Gasteiger partial charge in [-0.15, -0.1) is 5.43 Å². The summed E-state index contributed by atoms with van der Waals surface area (Å²) in [5.41, 5.74) is 2.81. The van der Waals surface area contributed by atoms with Crippen LogP contribution in [-0.2, 0) is 6.18 Å². The molecule has 0 bridgehead atoms. The van der Waals surface area contributed by atoms with E-state index in [1.54, 1.807) is 30.3 Å². The van der Waals surface area contributed by atoms with E-state index in [2.05, 4.69) is 26.2 Å². The average molecular weight is 443 g/mol. The molecule has 162 valence electrons. The number of nitrogens with two attached hydrogens (primary N) is 1. The van der Waals surface area contributed by atoms with E-state index in [1.165, 1.54) is 29.7 Å². The van der Waals surface area contributed by atoms with E-state index in [9.17, 15) is 22.4 Å². The lowest BCUT2D eigenvalue weighted by atomic mass is 10.0. The first-order valence-corrected chi connectivity index (χ1v) is 9.26. The normalized spacial score (nSPS) is 13.1. The van der Waals surface area contributed by atoms with Crippen LogP contribution in [0.15, 0.2) is 82.3 Å². The van der Waals surface area contributed by atoms with Gasteiger partial charge in [0, 0.05) is 16.6 Å². The van der Waals surface area contributed by atoms with Crippen LogP contribution in [0.4, 0.5) is 33.7 Å². The highest BCUT2D eigenvalue weighted by Crippen LogP contribution is 2.31. The molecule has 0 saturated carbocycles.